The van der Waals surface area contributed by atoms with Crippen molar-refractivity contribution in [3.63, 3.8) is 0 Å². The van der Waals surface area contributed by atoms with E-state index in [0.29, 0.717) is 6.61 Å². The van der Waals surface area contributed by atoms with Crippen molar-refractivity contribution in [2.45, 2.75) is 18.4 Å². The van der Waals surface area contributed by atoms with Gasteiger partial charge in [0.15, 0.2) is 0 Å². The Labute approximate surface area is 60.2 Å². The fraction of sp³-hybridized carbons (Fsp3) is 1.00. The Balaban J connectivity index is 2.45. The molecule has 4 heteroatoms. The topological polar surface area (TPSA) is 53.7 Å². The summed E-state index contributed by atoms with van der Waals surface area (Å²) >= 11 is 0. The minimum absolute atomic E-state index is 0.0139. The molecule has 1 aliphatic rings. The first-order valence-corrected chi connectivity index (χ1v) is 3.22. The quantitative estimate of drug-likeness (QED) is 0.563. The van der Waals surface area contributed by atoms with E-state index < -0.39 is 0 Å². The predicted molar refractivity (Wildman–Crippen MR) is 35.5 cm³/mol. The van der Waals surface area contributed by atoms with Crippen LogP contribution in [-0.4, -0.2) is 39.3 Å². The molecule has 0 radical (unpaired) electrons. The fourth-order valence-corrected chi connectivity index (χ4v) is 1.10. The molecule has 60 valence electrons. The van der Waals surface area contributed by atoms with E-state index in [4.69, 9.17) is 19.9 Å². The molecule has 4 nitrogen and oxygen atoms in total. The van der Waals surface area contributed by atoms with Crippen LogP contribution < -0.4 is 5.73 Å². The van der Waals surface area contributed by atoms with Crippen molar-refractivity contribution in [1.29, 1.82) is 0 Å². The van der Waals surface area contributed by atoms with Crippen LogP contribution in [0, 0.1) is 0 Å². The largest absolute Gasteiger partial charge is 0.376 e. The average Bonchev–Trinajstić information content (AvgIpc) is 2.30. The summed E-state index contributed by atoms with van der Waals surface area (Å²) in [5.41, 5.74) is 5.53. The van der Waals surface area contributed by atoms with E-state index in [2.05, 4.69) is 0 Å². The molecule has 0 saturated carbocycles. The van der Waals surface area contributed by atoms with Gasteiger partial charge in [0.2, 0.25) is 0 Å². The van der Waals surface area contributed by atoms with Gasteiger partial charge in [-0.25, -0.2) is 0 Å². The second kappa shape index (κ2) is 3.30. The van der Waals surface area contributed by atoms with Crippen LogP contribution in [0.1, 0.15) is 0 Å². The minimum atomic E-state index is -0.338. The Morgan fingerprint density at radius 2 is 2.10 bits per heavy atom. The molecule has 0 spiro atoms. The zero-order chi connectivity index (χ0) is 7.56. The lowest BCUT2D eigenvalue weighted by Gasteiger charge is -2.16. The summed E-state index contributed by atoms with van der Waals surface area (Å²) in [6.07, 6.45) is -0.472. The van der Waals surface area contributed by atoms with Gasteiger partial charge in [-0.05, 0) is 0 Å². The molecule has 0 amide bonds. The predicted octanol–water partition coefficient (Wildman–Crippen LogP) is -0.669. The molecule has 3 atom stereocenters. The van der Waals surface area contributed by atoms with Gasteiger partial charge in [-0.2, -0.15) is 0 Å². The lowest BCUT2D eigenvalue weighted by molar-refractivity contribution is -0.0229. The van der Waals surface area contributed by atoms with E-state index in [0.717, 1.165) is 0 Å². The maximum atomic E-state index is 5.53. The van der Waals surface area contributed by atoms with Crippen molar-refractivity contribution in [3.05, 3.63) is 0 Å². The summed E-state index contributed by atoms with van der Waals surface area (Å²) in [6.45, 7) is 0.524. The highest BCUT2D eigenvalue weighted by Crippen LogP contribution is 2.15. The van der Waals surface area contributed by atoms with Crippen molar-refractivity contribution in [3.8, 4) is 0 Å². The van der Waals surface area contributed by atoms with Crippen LogP contribution >= 0.6 is 0 Å². The first-order chi connectivity index (χ1) is 4.79. The molecule has 0 aliphatic carbocycles. The van der Waals surface area contributed by atoms with Crippen LogP contribution in [0.25, 0.3) is 0 Å². The normalized spacial score (nSPS) is 40.5. The second-order valence-corrected chi connectivity index (χ2v) is 2.27. The Bertz CT molecular complexity index is 109. The average molecular weight is 147 g/mol. The number of hydrogen-bond acceptors (Lipinski definition) is 4. The standard InChI is InChI=1S/C6H13NO3/c1-8-4-3-10-6(7)5(4)9-2/h4-6H,3,7H2,1-2H3/t4?,5?,6-/m1/s1. The molecule has 0 aromatic rings. The van der Waals surface area contributed by atoms with Crippen LogP contribution in [0.4, 0.5) is 0 Å². The van der Waals surface area contributed by atoms with Crippen molar-refractivity contribution >= 4 is 0 Å². The Kier molecular flexibility index (Phi) is 2.62. The van der Waals surface area contributed by atoms with Gasteiger partial charge in [0.1, 0.15) is 18.4 Å². The van der Waals surface area contributed by atoms with Crippen molar-refractivity contribution in [2.75, 3.05) is 20.8 Å². The van der Waals surface area contributed by atoms with Gasteiger partial charge in [-0.3, -0.25) is 0 Å². The maximum absolute atomic E-state index is 5.53. The van der Waals surface area contributed by atoms with Crippen LogP contribution in [0.5, 0.6) is 0 Å². The van der Waals surface area contributed by atoms with Crippen LogP contribution in [0.2, 0.25) is 0 Å². The third kappa shape index (κ3) is 1.29. The number of methoxy groups -OCH3 is 2. The summed E-state index contributed by atoms with van der Waals surface area (Å²) in [4.78, 5) is 0. The molecule has 0 bridgehead atoms. The van der Waals surface area contributed by atoms with E-state index in [-0.39, 0.29) is 18.4 Å². The molecule has 0 aromatic heterocycles. The third-order valence-electron chi connectivity index (χ3n) is 1.72. The van der Waals surface area contributed by atoms with Gasteiger partial charge in [0, 0.05) is 14.2 Å². The van der Waals surface area contributed by atoms with Gasteiger partial charge in [0.05, 0.1) is 6.61 Å². The van der Waals surface area contributed by atoms with Gasteiger partial charge < -0.3 is 19.9 Å². The summed E-state index contributed by atoms with van der Waals surface area (Å²) in [7, 11) is 3.23. The molecular weight excluding hydrogens is 134 g/mol. The van der Waals surface area contributed by atoms with E-state index in [9.17, 15) is 0 Å². The van der Waals surface area contributed by atoms with Crippen LogP contribution in [0.3, 0.4) is 0 Å². The Hall–Kier alpha value is -0.160. The lowest BCUT2D eigenvalue weighted by atomic mass is 10.2. The van der Waals surface area contributed by atoms with Crippen LogP contribution in [-0.2, 0) is 14.2 Å². The fourth-order valence-electron chi connectivity index (χ4n) is 1.10. The highest BCUT2D eigenvalue weighted by Gasteiger charge is 2.34. The monoisotopic (exact) mass is 147 g/mol. The summed E-state index contributed by atoms with van der Waals surface area (Å²) in [5, 5.41) is 0. The molecule has 2 N–H and O–H groups in total. The smallest absolute Gasteiger partial charge is 0.134 e. The highest BCUT2D eigenvalue weighted by atomic mass is 16.6. The minimum Gasteiger partial charge on any atom is -0.376 e. The first kappa shape index (κ1) is 7.94. The van der Waals surface area contributed by atoms with Crippen molar-refractivity contribution in [1.82, 2.24) is 0 Å². The van der Waals surface area contributed by atoms with Crippen molar-refractivity contribution in [2.24, 2.45) is 5.73 Å². The second-order valence-electron chi connectivity index (χ2n) is 2.27. The Morgan fingerprint density at radius 3 is 2.50 bits per heavy atom. The zero-order valence-electron chi connectivity index (χ0n) is 6.24. The summed E-state index contributed by atoms with van der Waals surface area (Å²) in [6, 6.07) is 0. The van der Waals surface area contributed by atoms with Gasteiger partial charge >= 0.3 is 0 Å². The highest BCUT2D eigenvalue weighted by molar-refractivity contribution is 4.81. The lowest BCUT2D eigenvalue weighted by Crippen LogP contribution is -2.38. The molecule has 0 aromatic carbocycles. The van der Waals surface area contributed by atoms with E-state index in [1.165, 1.54) is 0 Å². The number of nitrogens with two attached hydrogens (primary N) is 1. The first-order valence-electron chi connectivity index (χ1n) is 3.22. The van der Waals surface area contributed by atoms with Gasteiger partial charge in [0.25, 0.3) is 0 Å². The summed E-state index contributed by atoms with van der Waals surface area (Å²) < 4.78 is 15.2. The Morgan fingerprint density at radius 1 is 1.40 bits per heavy atom. The molecule has 1 aliphatic heterocycles. The van der Waals surface area contributed by atoms with E-state index >= 15 is 0 Å². The molecule has 1 fully saturated rings. The molecule has 10 heavy (non-hydrogen) atoms. The molecule has 1 saturated heterocycles. The summed E-state index contributed by atoms with van der Waals surface area (Å²) in [5.74, 6) is 0. The molecule has 1 rings (SSSR count). The van der Waals surface area contributed by atoms with Gasteiger partial charge in [-0.15, -0.1) is 0 Å². The SMILES string of the molecule is COC1CO[C@@H](N)C1OC. The van der Waals surface area contributed by atoms with E-state index in [1.807, 2.05) is 0 Å². The van der Waals surface area contributed by atoms with E-state index in [1.54, 1.807) is 14.2 Å². The number of ether oxygens (including phenoxy) is 3. The van der Waals surface area contributed by atoms with Gasteiger partial charge in [-0.1, -0.05) is 0 Å². The third-order valence-corrected chi connectivity index (χ3v) is 1.72. The zero-order valence-corrected chi connectivity index (χ0v) is 6.24. The maximum Gasteiger partial charge on any atom is 0.134 e. The van der Waals surface area contributed by atoms with Crippen LogP contribution in [0.15, 0.2) is 0 Å². The molecular formula is C6H13NO3. The number of rotatable bonds is 2. The number of hydrogen-bond donors (Lipinski definition) is 1. The molecule has 1 heterocycles. The van der Waals surface area contributed by atoms with Crippen molar-refractivity contribution < 1.29 is 14.2 Å². The molecule has 2 unspecified atom stereocenters.